The number of hydrogen-bond donors (Lipinski definition) is 0. The zero-order valence-electron chi connectivity index (χ0n) is 14.9. The standard InChI is InChI=1S/C19H17F3N4O2/c1-24(11-14-10-23-26(12-14)15-6-3-2-4-7-15)17(27)13-25-9-5-8-16(18(25)28)19(20,21)22/h2-10,12H,11,13H2,1H3. The van der Waals surface area contributed by atoms with E-state index in [4.69, 9.17) is 0 Å². The van der Waals surface area contributed by atoms with Gasteiger partial charge in [-0.3, -0.25) is 9.59 Å². The number of pyridine rings is 1. The van der Waals surface area contributed by atoms with Crippen molar-refractivity contribution in [3.63, 3.8) is 0 Å². The maximum atomic E-state index is 12.8. The van der Waals surface area contributed by atoms with Crippen molar-refractivity contribution in [2.24, 2.45) is 0 Å². The number of benzene rings is 1. The Labute approximate surface area is 158 Å². The summed E-state index contributed by atoms with van der Waals surface area (Å²) in [6, 6.07) is 11.2. The molecule has 0 bridgehead atoms. The fraction of sp³-hybridized carbons (Fsp3) is 0.211. The van der Waals surface area contributed by atoms with Gasteiger partial charge in [0.15, 0.2) is 0 Å². The third kappa shape index (κ3) is 4.30. The largest absolute Gasteiger partial charge is 0.421 e. The predicted molar refractivity (Wildman–Crippen MR) is 95.7 cm³/mol. The summed E-state index contributed by atoms with van der Waals surface area (Å²) < 4.78 is 40.9. The van der Waals surface area contributed by atoms with Crippen LogP contribution in [0.15, 0.2) is 65.8 Å². The van der Waals surface area contributed by atoms with Gasteiger partial charge in [-0.1, -0.05) is 18.2 Å². The summed E-state index contributed by atoms with van der Waals surface area (Å²) in [6.07, 6.45) is -0.236. The summed E-state index contributed by atoms with van der Waals surface area (Å²) in [5.74, 6) is -0.492. The van der Waals surface area contributed by atoms with Gasteiger partial charge in [-0.15, -0.1) is 0 Å². The highest BCUT2D eigenvalue weighted by Gasteiger charge is 2.34. The number of carbonyl (C=O) groups excluding carboxylic acids is 1. The quantitative estimate of drug-likeness (QED) is 0.673. The number of halogens is 3. The van der Waals surface area contributed by atoms with E-state index in [0.717, 1.165) is 28.1 Å². The maximum absolute atomic E-state index is 12.8. The maximum Gasteiger partial charge on any atom is 0.421 e. The van der Waals surface area contributed by atoms with E-state index in [9.17, 15) is 22.8 Å². The number of amides is 1. The highest BCUT2D eigenvalue weighted by atomic mass is 19.4. The van der Waals surface area contributed by atoms with Crippen molar-refractivity contribution in [2.75, 3.05) is 7.05 Å². The third-order valence-electron chi connectivity index (χ3n) is 4.13. The predicted octanol–water partition coefficient (Wildman–Crippen LogP) is 2.71. The molecule has 3 aromatic rings. The number of likely N-dealkylation sites (N-methyl/N-ethyl adjacent to an activating group) is 1. The molecule has 0 radical (unpaired) electrons. The average Bonchev–Trinajstić information content (AvgIpc) is 3.11. The van der Waals surface area contributed by atoms with Crippen LogP contribution >= 0.6 is 0 Å². The molecule has 1 amide bonds. The van der Waals surface area contributed by atoms with Gasteiger partial charge >= 0.3 is 6.18 Å². The molecule has 146 valence electrons. The molecule has 28 heavy (non-hydrogen) atoms. The molecule has 0 atom stereocenters. The van der Waals surface area contributed by atoms with Crippen LogP contribution in [0.2, 0.25) is 0 Å². The topological polar surface area (TPSA) is 60.1 Å². The van der Waals surface area contributed by atoms with Crippen LogP contribution in [-0.2, 0) is 24.1 Å². The summed E-state index contributed by atoms with van der Waals surface area (Å²) in [5.41, 5.74) is -0.933. The molecule has 2 heterocycles. The van der Waals surface area contributed by atoms with Crippen LogP contribution in [0.3, 0.4) is 0 Å². The highest BCUT2D eigenvalue weighted by Crippen LogP contribution is 2.26. The van der Waals surface area contributed by atoms with E-state index in [1.807, 2.05) is 30.3 Å². The van der Waals surface area contributed by atoms with Crippen molar-refractivity contribution in [1.82, 2.24) is 19.2 Å². The molecule has 0 saturated heterocycles. The van der Waals surface area contributed by atoms with Crippen molar-refractivity contribution in [1.29, 1.82) is 0 Å². The van der Waals surface area contributed by atoms with Gasteiger partial charge in [0.25, 0.3) is 5.56 Å². The van der Waals surface area contributed by atoms with Gasteiger partial charge in [0.2, 0.25) is 5.91 Å². The minimum Gasteiger partial charge on any atom is -0.340 e. The zero-order chi connectivity index (χ0) is 20.3. The Hall–Kier alpha value is -3.36. The van der Waals surface area contributed by atoms with Gasteiger partial charge in [0, 0.05) is 31.5 Å². The number of alkyl halides is 3. The molecular formula is C19H17F3N4O2. The lowest BCUT2D eigenvalue weighted by Crippen LogP contribution is -2.35. The van der Waals surface area contributed by atoms with Gasteiger partial charge < -0.3 is 9.47 Å². The van der Waals surface area contributed by atoms with Crippen molar-refractivity contribution < 1.29 is 18.0 Å². The second-order valence-corrected chi connectivity index (χ2v) is 6.23. The smallest absolute Gasteiger partial charge is 0.340 e. The van der Waals surface area contributed by atoms with Crippen molar-refractivity contribution in [3.8, 4) is 5.69 Å². The van der Waals surface area contributed by atoms with Crippen LogP contribution in [0, 0.1) is 0 Å². The number of hydrogen-bond acceptors (Lipinski definition) is 3. The minimum atomic E-state index is -4.76. The summed E-state index contributed by atoms with van der Waals surface area (Å²) >= 11 is 0. The van der Waals surface area contributed by atoms with Crippen LogP contribution in [-0.4, -0.2) is 32.2 Å². The molecule has 0 unspecified atom stereocenters. The van der Waals surface area contributed by atoms with Crippen molar-refractivity contribution >= 4 is 5.91 Å². The van der Waals surface area contributed by atoms with E-state index in [1.165, 1.54) is 11.9 Å². The summed E-state index contributed by atoms with van der Waals surface area (Å²) in [4.78, 5) is 25.6. The van der Waals surface area contributed by atoms with E-state index in [2.05, 4.69) is 5.10 Å². The third-order valence-corrected chi connectivity index (χ3v) is 4.13. The summed E-state index contributed by atoms with van der Waals surface area (Å²) in [5, 5.41) is 4.23. The summed E-state index contributed by atoms with van der Waals surface area (Å²) in [7, 11) is 1.51. The Morgan fingerprint density at radius 1 is 1.14 bits per heavy atom. The molecule has 0 aliphatic carbocycles. The molecule has 3 rings (SSSR count). The van der Waals surface area contributed by atoms with Crippen LogP contribution in [0.25, 0.3) is 5.69 Å². The Bertz CT molecular complexity index is 1030. The average molecular weight is 390 g/mol. The Kier molecular flexibility index (Phi) is 5.34. The number of aromatic nitrogens is 3. The lowest BCUT2D eigenvalue weighted by Gasteiger charge is -2.17. The highest BCUT2D eigenvalue weighted by molar-refractivity contribution is 5.75. The number of para-hydroxylation sites is 1. The SMILES string of the molecule is CN(Cc1cnn(-c2ccccc2)c1)C(=O)Cn1cccc(C(F)(F)F)c1=O. The number of carbonyl (C=O) groups is 1. The minimum absolute atomic E-state index is 0.208. The lowest BCUT2D eigenvalue weighted by molar-refractivity contribution is -0.139. The van der Waals surface area contributed by atoms with Crippen molar-refractivity contribution in [3.05, 3.63) is 82.5 Å². The van der Waals surface area contributed by atoms with Gasteiger partial charge in [-0.05, 0) is 24.3 Å². The van der Waals surface area contributed by atoms with Gasteiger partial charge in [-0.2, -0.15) is 18.3 Å². The molecule has 0 N–H and O–H groups in total. The first-order valence-corrected chi connectivity index (χ1v) is 8.35. The number of nitrogens with zero attached hydrogens (tertiary/aromatic N) is 4. The molecule has 0 spiro atoms. The molecule has 6 nitrogen and oxygen atoms in total. The molecule has 0 fully saturated rings. The van der Waals surface area contributed by atoms with Crippen molar-refractivity contribution in [2.45, 2.75) is 19.3 Å². The first-order valence-electron chi connectivity index (χ1n) is 8.35. The molecule has 1 aromatic carbocycles. The molecule has 0 saturated carbocycles. The molecule has 0 aliphatic rings. The van der Waals surface area contributed by atoms with E-state index in [0.29, 0.717) is 6.07 Å². The lowest BCUT2D eigenvalue weighted by atomic mass is 10.2. The first-order chi connectivity index (χ1) is 13.3. The molecule has 0 aliphatic heterocycles. The van der Waals surface area contributed by atoms with Crippen LogP contribution in [0.5, 0.6) is 0 Å². The number of rotatable bonds is 5. The van der Waals surface area contributed by atoms with Crippen LogP contribution < -0.4 is 5.56 Å². The fourth-order valence-electron chi connectivity index (χ4n) is 2.67. The fourth-order valence-corrected chi connectivity index (χ4v) is 2.67. The summed E-state index contributed by atoms with van der Waals surface area (Å²) in [6.45, 7) is -0.272. The van der Waals surface area contributed by atoms with Crippen LogP contribution in [0.1, 0.15) is 11.1 Å². The van der Waals surface area contributed by atoms with Gasteiger partial charge in [0.05, 0.1) is 11.9 Å². The second-order valence-electron chi connectivity index (χ2n) is 6.23. The molecule has 2 aromatic heterocycles. The Balaban J connectivity index is 1.69. The van der Waals surface area contributed by atoms with Crippen LogP contribution in [0.4, 0.5) is 13.2 Å². The van der Waals surface area contributed by atoms with E-state index in [-0.39, 0.29) is 6.54 Å². The van der Waals surface area contributed by atoms with E-state index in [1.54, 1.807) is 17.1 Å². The molecule has 9 heteroatoms. The zero-order valence-corrected chi connectivity index (χ0v) is 14.9. The van der Waals surface area contributed by atoms with Gasteiger partial charge in [0.1, 0.15) is 12.1 Å². The second kappa shape index (κ2) is 7.71. The van der Waals surface area contributed by atoms with E-state index >= 15 is 0 Å². The Morgan fingerprint density at radius 2 is 1.86 bits per heavy atom. The van der Waals surface area contributed by atoms with Gasteiger partial charge in [-0.25, -0.2) is 4.68 Å². The molecular weight excluding hydrogens is 373 g/mol. The Morgan fingerprint density at radius 3 is 2.54 bits per heavy atom. The monoisotopic (exact) mass is 390 g/mol. The first kappa shape index (κ1) is 19.4. The van der Waals surface area contributed by atoms with E-state index < -0.39 is 29.8 Å². The normalized spacial score (nSPS) is 11.4.